The third kappa shape index (κ3) is 8.63. The van der Waals surface area contributed by atoms with Crippen LogP contribution < -0.4 is 21.5 Å². The van der Waals surface area contributed by atoms with Gasteiger partial charge in [0.25, 0.3) is 0 Å². The second-order valence-corrected chi connectivity index (χ2v) is 9.33. The molecule has 6 N–H and O–H groups in total. The highest BCUT2D eigenvalue weighted by atomic mass is 32.2. The minimum atomic E-state index is -3.73. The maximum absolute atomic E-state index is 12.7. The Labute approximate surface area is 187 Å². The molecule has 1 fully saturated rings. The van der Waals surface area contributed by atoms with E-state index in [1.165, 1.54) is 4.90 Å². The Morgan fingerprint density at radius 2 is 2.00 bits per heavy atom. The molecule has 1 aromatic rings. The molecule has 2 atom stereocenters. The predicted octanol–water partition coefficient (Wildman–Crippen LogP) is -1.17. The Balaban J connectivity index is 1.87. The van der Waals surface area contributed by atoms with Crippen molar-refractivity contribution >= 4 is 34.1 Å². The number of carbonyl (C=O) groups excluding carboxylic acids is 3. The Hall–Kier alpha value is -2.99. The summed E-state index contributed by atoms with van der Waals surface area (Å²) in [6.07, 6.45) is 2.36. The van der Waals surface area contributed by atoms with Gasteiger partial charge in [0.2, 0.25) is 21.8 Å². The predicted molar refractivity (Wildman–Crippen MR) is 120 cm³/mol. The summed E-state index contributed by atoms with van der Waals surface area (Å²) in [7, 11) is -3.73. The van der Waals surface area contributed by atoms with E-state index in [1.807, 2.05) is 0 Å². The van der Waals surface area contributed by atoms with Gasteiger partial charge in [-0.05, 0) is 31.2 Å². The normalized spacial score (nSPS) is 17.4. The van der Waals surface area contributed by atoms with Gasteiger partial charge in [-0.3, -0.25) is 14.6 Å². The highest BCUT2D eigenvalue weighted by Crippen LogP contribution is 2.14. The topological polar surface area (TPSA) is 177 Å². The molecule has 0 unspecified atom stereocenters. The smallest absolute Gasteiger partial charge is 0.241 e. The summed E-state index contributed by atoms with van der Waals surface area (Å²) in [6.45, 7) is 0.408. The van der Waals surface area contributed by atoms with Crippen molar-refractivity contribution < 1.29 is 22.8 Å². The van der Waals surface area contributed by atoms with E-state index in [-0.39, 0.29) is 18.3 Å². The lowest BCUT2D eigenvalue weighted by molar-refractivity contribution is -0.139. The Kier molecular flexibility index (Phi) is 9.60. The summed E-state index contributed by atoms with van der Waals surface area (Å²) in [5.41, 5.74) is 11.1. The number of benzene rings is 1. The summed E-state index contributed by atoms with van der Waals surface area (Å²) < 4.78 is 27.4. The number of aliphatic imine (C=N–C) groups is 1. The van der Waals surface area contributed by atoms with E-state index in [1.54, 1.807) is 30.3 Å². The van der Waals surface area contributed by atoms with Crippen molar-refractivity contribution in [2.75, 3.05) is 19.6 Å². The molecule has 0 saturated carbocycles. The number of guanidine groups is 1. The number of aldehydes is 1. The van der Waals surface area contributed by atoms with Crippen LogP contribution in [0.1, 0.15) is 31.2 Å². The summed E-state index contributed by atoms with van der Waals surface area (Å²) in [6, 6.07) is 7.01. The molecule has 1 saturated heterocycles. The summed E-state index contributed by atoms with van der Waals surface area (Å²) in [5.74, 6) is -1.24. The second kappa shape index (κ2) is 12.2. The molecule has 1 aliphatic rings. The number of sulfonamides is 1. The van der Waals surface area contributed by atoms with Crippen molar-refractivity contribution in [1.82, 2.24) is 14.9 Å². The molecule has 1 aromatic carbocycles. The van der Waals surface area contributed by atoms with Crippen LogP contribution in [0.3, 0.4) is 0 Å². The fourth-order valence-electron chi connectivity index (χ4n) is 3.38. The fraction of sp³-hybridized carbons (Fsp3) is 0.500. The van der Waals surface area contributed by atoms with Gasteiger partial charge in [0.05, 0.1) is 18.3 Å². The molecule has 11 nitrogen and oxygen atoms in total. The largest absolute Gasteiger partial charge is 0.370 e. The third-order valence-electron chi connectivity index (χ3n) is 4.86. The molecular weight excluding hydrogens is 436 g/mol. The van der Waals surface area contributed by atoms with Gasteiger partial charge >= 0.3 is 0 Å². The number of rotatable bonds is 12. The average Bonchev–Trinajstić information content (AvgIpc) is 2.73. The van der Waals surface area contributed by atoms with Crippen molar-refractivity contribution in [3.8, 4) is 0 Å². The molecule has 0 aliphatic carbocycles. The molecule has 32 heavy (non-hydrogen) atoms. The number of hydrogen-bond acceptors (Lipinski definition) is 6. The van der Waals surface area contributed by atoms with Gasteiger partial charge in [0.15, 0.2) is 5.96 Å². The molecule has 1 aliphatic heterocycles. The lowest BCUT2D eigenvalue weighted by Crippen LogP contribution is -2.55. The standard InChI is InChI=1S/C20H30N6O5S/c21-20(22)23-10-4-8-16(13-27)24-18(28)12-26-11-5-9-17(19(26)29)25-32(30,31)14-15-6-2-1-3-7-15/h1-3,6-7,13,16-17,25H,4-5,8-12,14H2,(H,24,28)(H4,21,22,23)/t16-,17-/m0/s1. The van der Waals surface area contributed by atoms with Gasteiger partial charge in [0.1, 0.15) is 12.3 Å². The van der Waals surface area contributed by atoms with Crippen molar-refractivity contribution in [1.29, 1.82) is 0 Å². The monoisotopic (exact) mass is 466 g/mol. The molecule has 0 radical (unpaired) electrons. The minimum absolute atomic E-state index is 0.0470. The average molecular weight is 467 g/mol. The maximum Gasteiger partial charge on any atom is 0.241 e. The molecule has 1 heterocycles. The van der Waals surface area contributed by atoms with Gasteiger partial charge in [-0.25, -0.2) is 13.1 Å². The zero-order valence-corrected chi connectivity index (χ0v) is 18.6. The Bertz CT molecular complexity index is 918. The number of nitrogens with one attached hydrogen (secondary N) is 2. The minimum Gasteiger partial charge on any atom is -0.370 e. The molecule has 2 amide bonds. The maximum atomic E-state index is 12.7. The van der Waals surface area contributed by atoms with Gasteiger partial charge in [-0.2, -0.15) is 0 Å². The van der Waals surface area contributed by atoms with Crippen molar-refractivity contribution in [2.45, 2.75) is 43.5 Å². The first kappa shape index (κ1) is 25.3. The Morgan fingerprint density at radius 1 is 1.28 bits per heavy atom. The van der Waals surface area contributed by atoms with Crippen LogP contribution >= 0.6 is 0 Å². The van der Waals surface area contributed by atoms with E-state index in [0.717, 1.165) is 0 Å². The zero-order valence-electron chi connectivity index (χ0n) is 17.8. The molecule has 12 heteroatoms. The first-order chi connectivity index (χ1) is 15.2. The van der Waals surface area contributed by atoms with Crippen LogP contribution in [0, 0.1) is 0 Å². The number of likely N-dealkylation sites (tertiary alicyclic amines) is 1. The number of hydrogen-bond donors (Lipinski definition) is 4. The van der Waals surface area contributed by atoms with Gasteiger partial charge < -0.3 is 26.5 Å². The molecule has 2 rings (SSSR count). The van der Waals surface area contributed by atoms with Crippen LogP contribution in [0.2, 0.25) is 0 Å². The van der Waals surface area contributed by atoms with Crippen LogP contribution in [-0.4, -0.2) is 69.1 Å². The van der Waals surface area contributed by atoms with Crippen LogP contribution in [0.15, 0.2) is 35.3 Å². The quantitative estimate of drug-likeness (QED) is 0.130. The summed E-state index contributed by atoms with van der Waals surface area (Å²) in [4.78, 5) is 41.4. The SMILES string of the molecule is NC(N)=NCCC[C@@H](C=O)NC(=O)CN1CCC[C@H](NS(=O)(=O)Cc2ccccc2)C1=O. The first-order valence-electron chi connectivity index (χ1n) is 10.3. The van der Waals surface area contributed by atoms with E-state index in [2.05, 4.69) is 15.0 Å². The van der Waals surface area contributed by atoms with Crippen LogP contribution in [0.5, 0.6) is 0 Å². The van der Waals surface area contributed by atoms with E-state index in [4.69, 9.17) is 11.5 Å². The van der Waals surface area contributed by atoms with Crippen molar-refractivity contribution in [3.05, 3.63) is 35.9 Å². The summed E-state index contributed by atoms with van der Waals surface area (Å²) >= 11 is 0. The lowest BCUT2D eigenvalue weighted by Gasteiger charge is -2.32. The third-order valence-corrected chi connectivity index (χ3v) is 6.22. The zero-order chi connectivity index (χ0) is 23.6. The van der Waals surface area contributed by atoms with Crippen LogP contribution in [0.4, 0.5) is 0 Å². The van der Waals surface area contributed by atoms with Gasteiger partial charge in [-0.15, -0.1) is 0 Å². The number of nitrogens with two attached hydrogens (primary N) is 2. The second-order valence-electron chi connectivity index (χ2n) is 7.58. The molecule has 0 aromatic heterocycles. The fourth-order valence-corrected chi connectivity index (χ4v) is 4.74. The molecule has 0 spiro atoms. The van der Waals surface area contributed by atoms with Crippen LogP contribution in [-0.2, 0) is 30.2 Å². The highest BCUT2D eigenvalue weighted by Gasteiger charge is 2.33. The number of amides is 2. The molecule has 0 bridgehead atoms. The van der Waals surface area contributed by atoms with E-state index in [0.29, 0.717) is 50.6 Å². The van der Waals surface area contributed by atoms with Crippen molar-refractivity contribution in [3.63, 3.8) is 0 Å². The van der Waals surface area contributed by atoms with E-state index in [9.17, 15) is 22.8 Å². The number of nitrogens with zero attached hydrogens (tertiary/aromatic N) is 2. The van der Waals surface area contributed by atoms with Gasteiger partial charge in [-0.1, -0.05) is 30.3 Å². The first-order valence-corrected chi connectivity index (χ1v) is 12.0. The number of carbonyl (C=O) groups is 3. The van der Waals surface area contributed by atoms with E-state index < -0.39 is 33.9 Å². The molecular formula is C20H30N6O5S. The van der Waals surface area contributed by atoms with Crippen molar-refractivity contribution in [2.24, 2.45) is 16.5 Å². The van der Waals surface area contributed by atoms with E-state index >= 15 is 0 Å². The van der Waals surface area contributed by atoms with Crippen LogP contribution in [0.25, 0.3) is 0 Å². The highest BCUT2D eigenvalue weighted by molar-refractivity contribution is 7.88. The number of piperidine rings is 1. The molecule has 176 valence electrons. The Morgan fingerprint density at radius 3 is 2.66 bits per heavy atom. The lowest BCUT2D eigenvalue weighted by atomic mass is 10.1. The van der Waals surface area contributed by atoms with Gasteiger partial charge in [0, 0.05) is 13.1 Å². The summed E-state index contributed by atoms with van der Waals surface area (Å²) in [5, 5.41) is 2.57.